The third-order valence-corrected chi connectivity index (χ3v) is 3.23. The highest BCUT2D eigenvalue weighted by molar-refractivity contribution is 5.68. The predicted octanol–water partition coefficient (Wildman–Crippen LogP) is 1.46. The van der Waals surface area contributed by atoms with Gasteiger partial charge in [-0.1, -0.05) is 24.3 Å². The van der Waals surface area contributed by atoms with Crippen molar-refractivity contribution in [2.45, 2.75) is 25.9 Å². The Balaban J connectivity index is 1.79. The molecule has 1 aromatic carbocycles. The van der Waals surface area contributed by atoms with Gasteiger partial charge in [0, 0.05) is 13.1 Å². The van der Waals surface area contributed by atoms with Gasteiger partial charge in [0.25, 0.3) is 0 Å². The van der Waals surface area contributed by atoms with Crippen LogP contribution in [0, 0.1) is 0 Å². The van der Waals surface area contributed by atoms with Crippen molar-refractivity contribution in [1.29, 1.82) is 0 Å². The molecule has 1 fully saturated rings. The number of carbonyl (C=O) groups is 1. The van der Waals surface area contributed by atoms with E-state index in [4.69, 9.17) is 5.11 Å². The monoisotopic (exact) mass is 248 g/mol. The first-order valence-electron chi connectivity index (χ1n) is 6.47. The maximum Gasteiger partial charge on any atom is 0.317 e. The molecule has 0 aromatic heterocycles. The van der Waals surface area contributed by atoms with Gasteiger partial charge in [0.15, 0.2) is 0 Å². The van der Waals surface area contributed by atoms with Crippen LogP contribution >= 0.6 is 0 Å². The van der Waals surface area contributed by atoms with Gasteiger partial charge in [0.1, 0.15) is 0 Å². The number of hydrogen-bond acceptors (Lipinski definition) is 3. The quantitative estimate of drug-likeness (QED) is 0.800. The standard InChI is InChI=1S/C14H20N2O2/c17-14(18)10-15-9-12-3-5-13(6-4-12)11-16-7-1-2-8-16/h3-6,15H,1-2,7-11H2,(H,17,18). The zero-order valence-electron chi connectivity index (χ0n) is 10.6. The molecule has 2 N–H and O–H groups in total. The zero-order valence-corrected chi connectivity index (χ0v) is 10.6. The SMILES string of the molecule is O=C(O)CNCc1ccc(CN2CCCC2)cc1. The van der Waals surface area contributed by atoms with Crippen LogP contribution in [0.3, 0.4) is 0 Å². The van der Waals surface area contributed by atoms with Gasteiger partial charge in [-0.05, 0) is 37.1 Å². The van der Waals surface area contributed by atoms with E-state index in [1.165, 1.54) is 31.5 Å². The molecule has 0 radical (unpaired) electrons. The number of aliphatic carboxylic acids is 1. The summed E-state index contributed by atoms with van der Waals surface area (Å²) in [7, 11) is 0. The van der Waals surface area contributed by atoms with Crippen LogP contribution in [0.4, 0.5) is 0 Å². The number of nitrogens with one attached hydrogen (secondary N) is 1. The van der Waals surface area contributed by atoms with Gasteiger partial charge < -0.3 is 10.4 Å². The van der Waals surface area contributed by atoms with Gasteiger partial charge >= 0.3 is 5.97 Å². The molecule has 1 aliphatic heterocycles. The van der Waals surface area contributed by atoms with Crippen molar-refractivity contribution in [3.8, 4) is 0 Å². The summed E-state index contributed by atoms with van der Waals surface area (Å²) >= 11 is 0. The Hall–Kier alpha value is -1.39. The molecule has 18 heavy (non-hydrogen) atoms. The van der Waals surface area contributed by atoms with E-state index in [0.717, 1.165) is 12.1 Å². The summed E-state index contributed by atoms with van der Waals surface area (Å²) in [6, 6.07) is 8.41. The maximum absolute atomic E-state index is 10.4. The minimum atomic E-state index is -0.819. The number of carboxylic acid groups (broad SMARTS) is 1. The number of likely N-dealkylation sites (tertiary alicyclic amines) is 1. The third-order valence-electron chi connectivity index (χ3n) is 3.23. The summed E-state index contributed by atoms with van der Waals surface area (Å²) in [5, 5.41) is 11.4. The highest BCUT2D eigenvalue weighted by atomic mass is 16.4. The molecule has 0 bridgehead atoms. The number of nitrogens with zero attached hydrogens (tertiary/aromatic N) is 1. The molecule has 0 amide bonds. The lowest BCUT2D eigenvalue weighted by molar-refractivity contribution is -0.135. The van der Waals surface area contributed by atoms with Gasteiger partial charge in [0.05, 0.1) is 6.54 Å². The molecule has 98 valence electrons. The molecular formula is C14H20N2O2. The maximum atomic E-state index is 10.4. The van der Waals surface area contributed by atoms with Gasteiger partial charge in [0.2, 0.25) is 0 Å². The van der Waals surface area contributed by atoms with Crippen LogP contribution in [0.1, 0.15) is 24.0 Å². The van der Waals surface area contributed by atoms with Crippen molar-refractivity contribution in [3.05, 3.63) is 35.4 Å². The molecule has 1 heterocycles. The van der Waals surface area contributed by atoms with Crippen LogP contribution in [0.2, 0.25) is 0 Å². The average molecular weight is 248 g/mol. The Labute approximate surface area is 108 Å². The topological polar surface area (TPSA) is 52.6 Å². The van der Waals surface area contributed by atoms with Crippen molar-refractivity contribution in [2.24, 2.45) is 0 Å². The van der Waals surface area contributed by atoms with E-state index < -0.39 is 5.97 Å². The van der Waals surface area contributed by atoms with Crippen molar-refractivity contribution in [3.63, 3.8) is 0 Å². The van der Waals surface area contributed by atoms with Crippen LogP contribution in [-0.2, 0) is 17.9 Å². The van der Waals surface area contributed by atoms with Crippen LogP contribution in [-0.4, -0.2) is 35.6 Å². The number of benzene rings is 1. The van der Waals surface area contributed by atoms with Crippen LogP contribution in [0.15, 0.2) is 24.3 Å². The smallest absolute Gasteiger partial charge is 0.317 e. The summed E-state index contributed by atoms with van der Waals surface area (Å²) in [5.74, 6) is -0.819. The van der Waals surface area contributed by atoms with Gasteiger partial charge in [-0.25, -0.2) is 0 Å². The summed E-state index contributed by atoms with van der Waals surface area (Å²) in [6.07, 6.45) is 2.63. The van der Waals surface area contributed by atoms with Crippen molar-refractivity contribution >= 4 is 5.97 Å². The predicted molar refractivity (Wildman–Crippen MR) is 70.3 cm³/mol. The van der Waals surface area contributed by atoms with Crippen molar-refractivity contribution < 1.29 is 9.90 Å². The molecule has 1 saturated heterocycles. The fraction of sp³-hybridized carbons (Fsp3) is 0.500. The van der Waals surface area contributed by atoms with Gasteiger partial charge in [-0.15, -0.1) is 0 Å². The molecule has 0 saturated carbocycles. The van der Waals surface area contributed by atoms with E-state index in [1.807, 2.05) is 0 Å². The fourth-order valence-electron chi connectivity index (χ4n) is 2.28. The minimum Gasteiger partial charge on any atom is -0.480 e. The summed E-state index contributed by atoms with van der Waals surface area (Å²) in [5.41, 5.74) is 2.46. The lowest BCUT2D eigenvalue weighted by Gasteiger charge is -2.14. The summed E-state index contributed by atoms with van der Waals surface area (Å²) in [4.78, 5) is 12.8. The van der Waals surface area contributed by atoms with Crippen molar-refractivity contribution in [1.82, 2.24) is 10.2 Å². The average Bonchev–Trinajstić information content (AvgIpc) is 2.84. The molecule has 4 heteroatoms. The Kier molecular flexibility index (Phi) is 4.73. The van der Waals surface area contributed by atoms with Crippen LogP contribution in [0.25, 0.3) is 0 Å². The Morgan fingerprint density at radius 1 is 1.17 bits per heavy atom. The van der Waals surface area contributed by atoms with Crippen LogP contribution in [0.5, 0.6) is 0 Å². The second-order valence-corrected chi connectivity index (χ2v) is 4.80. The van der Waals surface area contributed by atoms with Gasteiger partial charge in [-0.2, -0.15) is 0 Å². The Morgan fingerprint density at radius 2 is 1.78 bits per heavy atom. The molecule has 0 unspecified atom stereocenters. The van der Waals surface area contributed by atoms with Crippen molar-refractivity contribution in [2.75, 3.05) is 19.6 Å². The molecule has 4 nitrogen and oxygen atoms in total. The Bertz CT molecular complexity index is 383. The molecule has 0 spiro atoms. The lowest BCUT2D eigenvalue weighted by Crippen LogP contribution is -2.22. The first-order valence-corrected chi connectivity index (χ1v) is 6.47. The molecule has 0 aliphatic carbocycles. The third kappa shape index (κ3) is 4.13. The minimum absolute atomic E-state index is 0.00945. The highest BCUT2D eigenvalue weighted by Crippen LogP contribution is 2.13. The molecule has 2 rings (SSSR count). The number of carboxylic acids is 1. The number of hydrogen-bond donors (Lipinski definition) is 2. The highest BCUT2D eigenvalue weighted by Gasteiger charge is 2.11. The first kappa shape index (κ1) is 13.1. The van der Waals surface area contributed by atoms with E-state index in [0.29, 0.717) is 6.54 Å². The molecule has 1 aromatic rings. The first-order chi connectivity index (χ1) is 8.74. The van der Waals surface area contributed by atoms with Crippen LogP contribution < -0.4 is 5.32 Å². The fourth-order valence-corrected chi connectivity index (χ4v) is 2.28. The molecule has 0 atom stereocenters. The second-order valence-electron chi connectivity index (χ2n) is 4.80. The van der Waals surface area contributed by atoms with E-state index in [9.17, 15) is 4.79 Å². The summed E-state index contributed by atoms with van der Waals surface area (Å²) < 4.78 is 0. The number of rotatable bonds is 6. The van der Waals surface area contributed by atoms with E-state index >= 15 is 0 Å². The lowest BCUT2D eigenvalue weighted by atomic mass is 10.1. The second kappa shape index (κ2) is 6.52. The zero-order chi connectivity index (χ0) is 12.8. The van der Waals surface area contributed by atoms with E-state index in [-0.39, 0.29) is 6.54 Å². The van der Waals surface area contributed by atoms with Gasteiger partial charge in [-0.3, -0.25) is 9.69 Å². The van der Waals surface area contributed by atoms with E-state index in [1.54, 1.807) is 0 Å². The normalized spacial score (nSPS) is 16.0. The van der Waals surface area contributed by atoms with E-state index in [2.05, 4.69) is 34.5 Å². The Morgan fingerprint density at radius 3 is 2.39 bits per heavy atom. The molecule has 1 aliphatic rings. The largest absolute Gasteiger partial charge is 0.480 e. The molecular weight excluding hydrogens is 228 g/mol. The summed E-state index contributed by atoms with van der Waals surface area (Å²) in [6.45, 7) is 4.07.